The van der Waals surface area contributed by atoms with Crippen molar-refractivity contribution in [3.8, 4) is 11.8 Å². The molecule has 0 saturated heterocycles. The Morgan fingerprint density at radius 3 is 1.63 bits per heavy atom. The molecule has 43 heavy (non-hydrogen) atoms. The van der Waals surface area contributed by atoms with Crippen molar-refractivity contribution in [1.82, 2.24) is 9.13 Å². The molecule has 0 spiro atoms. The highest BCUT2D eigenvalue weighted by molar-refractivity contribution is 6.12. The van der Waals surface area contributed by atoms with E-state index in [1.54, 1.807) is 7.11 Å². The quantitative estimate of drug-likeness (QED) is 0.217. The number of aromatic nitrogens is 2. The molecule has 2 heterocycles. The maximum atomic E-state index is 10.4. The molecule has 2 aromatic heterocycles. The number of hydrogen-bond donors (Lipinski definition) is 0. The highest BCUT2D eigenvalue weighted by Crippen LogP contribution is 2.44. The van der Waals surface area contributed by atoms with Gasteiger partial charge in [-0.25, -0.2) is 0 Å². The normalized spacial score (nSPS) is 17.0. The molecule has 7 aromatic rings. The van der Waals surface area contributed by atoms with Crippen LogP contribution in [0.15, 0.2) is 127 Å². The van der Waals surface area contributed by atoms with Crippen LogP contribution in [-0.4, -0.2) is 21.8 Å². The minimum atomic E-state index is -0.548. The number of nitriles is 1. The predicted octanol–water partition coefficient (Wildman–Crippen LogP) is 9.50. The van der Waals surface area contributed by atoms with Crippen LogP contribution in [0, 0.1) is 11.3 Å². The van der Waals surface area contributed by atoms with Crippen LogP contribution < -0.4 is 0 Å². The maximum absolute atomic E-state index is 10.4. The van der Waals surface area contributed by atoms with Gasteiger partial charge in [0.2, 0.25) is 0 Å². The van der Waals surface area contributed by atoms with Gasteiger partial charge in [0.1, 0.15) is 11.7 Å². The first-order valence-electron chi connectivity index (χ1n) is 14.6. The molecule has 0 radical (unpaired) electrons. The Bertz CT molecular complexity index is 2240. The molecule has 0 amide bonds. The van der Waals surface area contributed by atoms with Crippen molar-refractivity contribution >= 4 is 54.9 Å². The zero-order chi connectivity index (χ0) is 29.1. The maximum Gasteiger partial charge on any atom is 0.109 e. The van der Waals surface area contributed by atoms with E-state index in [2.05, 4.69) is 137 Å². The molecule has 0 fully saturated rings. The van der Waals surface area contributed by atoms with Gasteiger partial charge in [0.05, 0.1) is 39.0 Å². The van der Waals surface area contributed by atoms with Crippen LogP contribution >= 0.6 is 0 Å². The van der Waals surface area contributed by atoms with Crippen LogP contribution in [0.1, 0.15) is 24.5 Å². The van der Waals surface area contributed by atoms with Gasteiger partial charge in [0, 0.05) is 40.6 Å². The Hall–Kier alpha value is -5.37. The third-order valence-corrected chi connectivity index (χ3v) is 9.09. The molecule has 206 valence electrons. The van der Waals surface area contributed by atoms with E-state index < -0.39 is 5.60 Å². The van der Waals surface area contributed by atoms with Crippen molar-refractivity contribution < 1.29 is 4.74 Å². The number of ether oxygens (including phenoxy) is 1. The number of fused-ring (bicyclic) bond motifs is 6. The second-order valence-corrected chi connectivity index (χ2v) is 11.4. The zero-order valence-corrected chi connectivity index (χ0v) is 24.1. The summed E-state index contributed by atoms with van der Waals surface area (Å²) in [4.78, 5) is 0. The second-order valence-electron chi connectivity index (χ2n) is 11.4. The highest BCUT2D eigenvalue weighted by Gasteiger charge is 2.34. The minimum absolute atomic E-state index is 0.548. The van der Waals surface area contributed by atoms with Crippen molar-refractivity contribution in [2.75, 3.05) is 7.11 Å². The number of nitrogens with zero attached hydrogens (tertiary/aromatic N) is 3. The van der Waals surface area contributed by atoms with Gasteiger partial charge in [-0.3, -0.25) is 0 Å². The average Bonchev–Trinajstić information content (AvgIpc) is 3.57. The fourth-order valence-corrected chi connectivity index (χ4v) is 6.90. The van der Waals surface area contributed by atoms with Crippen molar-refractivity contribution in [3.63, 3.8) is 0 Å². The van der Waals surface area contributed by atoms with Gasteiger partial charge in [-0.05, 0) is 48.9 Å². The monoisotopic (exact) mass is 555 g/mol. The molecule has 1 aliphatic rings. The summed E-state index contributed by atoms with van der Waals surface area (Å²) in [6.45, 7) is 2.16. The molecule has 4 heteroatoms. The van der Waals surface area contributed by atoms with Crippen molar-refractivity contribution in [1.29, 1.82) is 5.26 Å². The third-order valence-electron chi connectivity index (χ3n) is 9.09. The first kappa shape index (κ1) is 25.3. The lowest BCUT2D eigenvalue weighted by Gasteiger charge is -2.35. The Morgan fingerprint density at radius 2 is 1.14 bits per heavy atom. The number of benzene rings is 5. The highest BCUT2D eigenvalue weighted by atomic mass is 16.5. The summed E-state index contributed by atoms with van der Waals surface area (Å²) in [6, 6.07) is 42.6. The van der Waals surface area contributed by atoms with Crippen LogP contribution in [0.2, 0.25) is 0 Å². The molecule has 1 aliphatic carbocycles. The van der Waals surface area contributed by atoms with Gasteiger partial charge in [-0.15, -0.1) is 0 Å². The van der Waals surface area contributed by atoms with E-state index in [4.69, 9.17) is 4.74 Å². The standard InChI is InChI=1S/C39H29N3O/c1-39(43-2)23-22-26(24-37(39)41-33-18-7-3-13-29(33)30-14-4-8-19-34(30)41)28-17-11-12-27(25-40)38(28)42-35-20-9-5-15-31(35)32-16-6-10-21-36(32)42/h3-22,24H,23H2,1-2H3. The zero-order valence-electron chi connectivity index (χ0n) is 24.1. The molecule has 0 bridgehead atoms. The lowest BCUT2D eigenvalue weighted by atomic mass is 9.86. The van der Waals surface area contributed by atoms with E-state index in [0.29, 0.717) is 12.0 Å². The molecule has 0 N–H and O–H groups in total. The molecular weight excluding hydrogens is 526 g/mol. The summed E-state index contributed by atoms with van der Waals surface area (Å²) < 4.78 is 10.9. The van der Waals surface area contributed by atoms with Gasteiger partial charge in [0.15, 0.2) is 0 Å². The smallest absolute Gasteiger partial charge is 0.109 e. The fourth-order valence-electron chi connectivity index (χ4n) is 6.90. The number of rotatable bonds is 4. The van der Waals surface area contributed by atoms with E-state index in [1.165, 1.54) is 21.5 Å². The SMILES string of the molecule is COC1(C)CC=C(c2cccc(C#N)c2-n2c3ccccc3c3ccccc32)C=C1n1c2ccccc2c2ccccc21. The van der Waals surface area contributed by atoms with E-state index in [1.807, 2.05) is 12.1 Å². The number of methoxy groups -OCH3 is 1. The first-order chi connectivity index (χ1) is 21.1. The number of allylic oxidation sites excluding steroid dienone is 2. The lowest BCUT2D eigenvalue weighted by Crippen LogP contribution is -2.33. The third kappa shape index (κ3) is 3.65. The van der Waals surface area contributed by atoms with Gasteiger partial charge in [0.25, 0.3) is 0 Å². The topological polar surface area (TPSA) is 42.9 Å². The van der Waals surface area contributed by atoms with Crippen molar-refractivity contribution in [2.24, 2.45) is 0 Å². The minimum Gasteiger partial charge on any atom is -0.372 e. The van der Waals surface area contributed by atoms with Gasteiger partial charge < -0.3 is 13.9 Å². The van der Waals surface area contributed by atoms with Crippen LogP contribution in [0.4, 0.5) is 0 Å². The first-order valence-corrected chi connectivity index (χ1v) is 14.6. The summed E-state index contributed by atoms with van der Waals surface area (Å²) >= 11 is 0. The van der Waals surface area contributed by atoms with Crippen molar-refractivity contribution in [2.45, 2.75) is 18.9 Å². The second kappa shape index (κ2) is 9.59. The van der Waals surface area contributed by atoms with Gasteiger partial charge in [-0.2, -0.15) is 5.26 Å². The largest absolute Gasteiger partial charge is 0.372 e. The summed E-state index contributed by atoms with van der Waals surface area (Å²) in [7, 11) is 1.79. The molecule has 1 atom stereocenters. The van der Waals surface area contributed by atoms with E-state index in [-0.39, 0.29) is 0 Å². The van der Waals surface area contributed by atoms with E-state index >= 15 is 0 Å². The van der Waals surface area contributed by atoms with Crippen LogP contribution in [0.3, 0.4) is 0 Å². The summed E-state index contributed by atoms with van der Waals surface area (Å²) in [5.74, 6) is 0. The fraction of sp³-hybridized carbons (Fsp3) is 0.103. The Morgan fingerprint density at radius 1 is 0.651 bits per heavy atom. The summed E-state index contributed by atoms with van der Waals surface area (Å²) in [5, 5.41) is 15.2. The summed E-state index contributed by atoms with van der Waals surface area (Å²) in [6.07, 6.45) is 5.21. The molecule has 8 rings (SSSR count). The lowest BCUT2D eigenvalue weighted by molar-refractivity contribution is 0.0558. The van der Waals surface area contributed by atoms with Gasteiger partial charge in [-0.1, -0.05) is 91.0 Å². The summed E-state index contributed by atoms with van der Waals surface area (Å²) in [5.41, 5.74) is 8.59. The van der Waals surface area contributed by atoms with Crippen LogP contribution in [0.5, 0.6) is 0 Å². The van der Waals surface area contributed by atoms with Crippen LogP contribution in [0.25, 0.3) is 60.6 Å². The molecule has 0 saturated carbocycles. The van der Waals surface area contributed by atoms with Crippen molar-refractivity contribution in [3.05, 3.63) is 139 Å². The average molecular weight is 556 g/mol. The number of hydrogen-bond acceptors (Lipinski definition) is 2. The molecule has 0 aliphatic heterocycles. The van der Waals surface area contributed by atoms with Crippen LogP contribution in [-0.2, 0) is 4.74 Å². The van der Waals surface area contributed by atoms with E-state index in [9.17, 15) is 5.26 Å². The molecular formula is C39H29N3O. The number of para-hydroxylation sites is 5. The molecule has 1 unspecified atom stereocenters. The van der Waals surface area contributed by atoms with Gasteiger partial charge >= 0.3 is 0 Å². The van der Waals surface area contributed by atoms with E-state index in [0.717, 1.165) is 44.6 Å². The Labute approximate surface area is 250 Å². The molecule has 5 aromatic carbocycles. The Kier molecular flexibility index (Phi) is 5.65. The Balaban J connectivity index is 1.43. The molecule has 4 nitrogen and oxygen atoms in total. The predicted molar refractivity (Wildman–Crippen MR) is 177 cm³/mol.